The SMILES string of the molecule is NNCc1nccs1. The minimum atomic E-state index is 0.664. The van der Waals surface area contributed by atoms with E-state index in [0.717, 1.165) is 5.01 Å². The summed E-state index contributed by atoms with van der Waals surface area (Å²) in [5, 5.41) is 2.94. The Morgan fingerprint density at radius 1 is 1.88 bits per heavy atom. The number of rotatable bonds is 2. The molecule has 3 N–H and O–H groups in total. The van der Waals surface area contributed by atoms with Crippen molar-refractivity contribution >= 4 is 11.3 Å². The van der Waals surface area contributed by atoms with E-state index in [2.05, 4.69) is 10.4 Å². The first kappa shape index (κ1) is 5.68. The predicted octanol–water partition coefficient (Wildman–Crippen LogP) is 0.106. The maximum absolute atomic E-state index is 5.04. The van der Waals surface area contributed by atoms with Gasteiger partial charge in [-0.3, -0.25) is 11.3 Å². The number of hydrogen-bond donors (Lipinski definition) is 2. The van der Waals surface area contributed by atoms with E-state index in [-0.39, 0.29) is 0 Å². The Bertz CT molecular complexity index is 137. The molecule has 1 rings (SSSR count). The van der Waals surface area contributed by atoms with Crippen LogP contribution in [-0.2, 0) is 6.54 Å². The normalized spacial score (nSPS) is 9.62. The van der Waals surface area contributed by atoms with Crippen LogP contribution in [0.15, 0.2) is 11.6 Å². The lowest BCUT2D eigenvalue weighted by molar-refractivity contribution is 0.736. The molecule has 0 spiro atoms. The highest BCUT2D eigenvalue weighted by Gasteiger charge is 1.88. The molecular weight excluding hydrogens is 122 g/mol. The Labute approximate surface area is 51.5 Å². The minimum absolute atomic E-state index is 0.664. The molecule has 1 aromatic heterocycles. The number of nitrogens with one attached hydrogen (secondary N) is 1. The fourth-order valence-corrected chi connectivity index (χ4v) is 0.995. The molecule has 3 nitrogen and oxygen atoms in total. The molecule has 0 aliphatic heterocycles. The molecule has 1 heterocycles. The van der Waals surface area contributed by atoms with Crippen molar-refractivity contribution in [3.63, 3.8) is 0 Å². The summed E-state index contributed by atoms with van der Waals surface area (Å²) in [5.74, 6) is 5.04. The van der Waals surface area contributed by atoms with Crippen LogP contribution in [0.25, 0.3) is 0 Å². The topological polar surface area (TPSA) is 50.9 Å². The first-order chi connectivity index (χ1) is 3.93. The number of aromatic nitrogens is 1. The number of nitrogens with zero attached hydrogens (tertiary/aromatic N) is 1. The van der Waals surface area contributed by atoms with Gasteiger partial charge in [-0.05, 0) is 0 Å². The van der Waals surface area contributed by atoms with E-state index in [9.17, 15) is 0 Å². The van der Waals surface area contributed by atoms with Gasteiger partial charge in [-0.1, -0.05) is 0 Å². The van der Waals surface area contributed by atoms with Gasteiger partial charge in [0, 0.05) is 11.6 Å². The summed E-state index contributed by atoms with van der Waals surface area (Å²) in [7, 11) is 0. The van der Waals surface area contributed by atoms with E-state index in [1.165, 1.54) is 0 Å². The molecule has 0 bridgehead atoms. The van der Waals surface area contributed by atoms with Gasteiger partial charge in [-0.15, -0.1) is 11.3 Å². The third-order valence-corrected chi connectivity index (χ3v) is 1.52. The monoisotopic (exact) mass is 129 g/mol. The minimum Gasteiger partial charge on any atom is -0.271 e. The van der Waals surface area contributed by atoms with E-state index < -0.39 is 0 Å². The van der Waals surface area contributed by atoms with Gasteiger partial charge >= 0.3 is 0 Å². The summed E-state index contributed by atoms with van der Waals surface area (Å²) < 4.78 is 0. The zero-order chi connectivity index (χ0) is 5.82. The molecule has 0 fully saturated rings. The second kappa shape index (κ2) is 2.76. The lowest BCUT2D eigenvalue weighted by atomic mass is 10.7. The largest absolute Gasteiger partial charge is 0.271 e. The van der Waals surface area contributed by atoms with E-state index in [1.807, 2.05) is 5.38 Å². The number of hydrogen-bond acceptors (Lipinski definition) is 4. The van der Waals surface area contributed by atoms with Crippen LogP contribution in [0.4, 0.5) is 0 Å². The summed E-state index contributed by atoms with van der Waals surface area (Å²) in [6, 6.07) is 0. The Morgan fingerprint density at radius 3 is 3.25 bits per heavy atom. The van der Waals surface area contributed by atoms with Crippen molar-refractivity contribution in [1.82, 2.24) is 10.4 Å². The van der Waals surface area contributed by atoms with Crippen molar-refractivity contribution in [3.8, 4) is 0 Å². The molecule has 0 unspecified atom stereocenters. The Balaban J connectivity index is 2.50. The van der Waals surface area contributed by atoms with Gasteiger partial charge in [0.15, 0.2) is 0 Å². The third-order valence-electron chi connectivity index (χ3n) is 0.737. The van der Waals surface area contributed by atoms with Crippen molar-refractivity contribution in [2.24, 2.45) is 5.84 Å². The zero-order valence-corrected chi connectivity index (χ0v) is 5.11. The summed E-state index contributed by atoms with van der Waals surface area (Å²) in [6.45, 7) is 0.664. The van der Waals surface area contributed by atoms with Crippen molar-refractivity contribution in [3.05, 3.63) is 16.6 Å². The number of thiazole rings is 1. The fraction of sp³-hybridized carbons (Fsp3) is 0.250. The summed E-state index contributed by atoms with van der Waals surface area (Å²) in [6.07, 6.45) is 1.76. The molecule has 4 heteroatoms. The van der Waals surface area contributed by atoms with Crippen molar-refractivity contribution in [2.45, 2.75) is 6.54 Å². The van der Waals surface area contributed by atoms with Gasteiger partial charge < -0.3 is 0 Å². The van der Waals surface area contributed by atoms with Gasteiger partial charge in [0.25, 0.3) is 0 Å². The zero-order valence-electron chi connectivity index (χ0n) is 4.29. The molecule has 0 saturated carbocycles. The molecule has 44 valence electrons. The van der Waals surface area contributed by atoms with Gasteiger partial charge in [-0.25, -0.2) is 4.98 Å². The first-order valence-corrected chi connectivity index (χ1v) is 3.13. The van der Waals surface area contributed by atoms with E-state index in [4.69, 9.17) is 5.84 Å². The highest BCUT2D eigenvalue weighted by Crippen LogP contribution is 2.01. The summed E-state index contributed by atoms with van der Waals surface area (Å²) >= 11 is 1.59. The van der Waals surface area contributed by atoms with Gasteiger partial charge in [-0.2, -0.15) is 0 Å². The van der Waals surface area contributed by atoms with Crippen LogP contribution < -0.4 is 11.3 Å². The molecule has 1 aromatic rings. The fourth-order valence-electron chi connectivity index (χ4n) is 0.428. The lowest BCUT2D eigenvalue weighted by Gasteiger charge is -1.88. The van der Waals surface area contributed by atoms with Crippen molar-refractivity contribution in [1.29, 1.82) is 0 Å². The van der Waals surface area contributed by atoms with Crippen LogP contribution in [0.3, 0.4) is 0 Å². The summed E-state index contributed by atoms with van der Waals surface area (Å²) in [4.78, 5) is 3.98. The van der Waals surface area contributed by atoms with Crippen molar-refractivity contribution in [2.75, 3.05) is 0 Å². The van der Waals surface area contributed by atoms with Crippen LogP contribution in [0.5, 0.6) is 0 Å². The second-order valence-corrected chi connectivity index (χ2v) is 2.29. The van der Waals surface area contributed by atoms with E-state index in [1.54, 1.807) is 17.5 Å². The van der Waals surface area contributed by atoms with E-state index >= 15 is 0 Å². The number of nitrogens with two attached hydrogens (primary N) is 1. The maximum Gasteiger partial charge on any atom is 0.108 e. The van der Waals surface area contributed by atoms with Crippen LogP contribution >= 0.6 is 11.3 Å². The van der Waals surface area contributed by atoms with Crippen LogP contribution in [-0.4, -0.2) is 4.98 Å². The molecule has 8 heavy (non-hydrogen) atoms. The molecule has 0 saturated heterocycles. The van der Waals surface area contributed by atoms with Gasteiger partial charge in [0.2, 0.25) is 0 Å². The maximum atomic E-state index is 5.04. The molecule has 0 aromatic carbocycles. The smallest absolute Gasteiger partial charge is 0.108 e. The molecule has 0 atom stereocenters. The Hall–Kier alpha value is -0.450. The van der Waals surface area contributed by atoms with Crippen molar-refractivity contribution < 1.29 is 0 Å². The molecular formula is C4H7N3S. The number of hydrazine groups is 1. The highest BCUT2D eigenvalue weighted by molar-refractivity contribution is 7.09. The van der Waals surface area contributed by atoms with Crippen LogP contribution in [0, 0.1) is 0 Å². The molecule has 0 radical (unpaired) electrons. The second-order valence-electron chi connectivity index (χ2n) is 1.31. The highest BCUT2D eigenvalue weighted by atomic mass is 32.1. The molecule has 0 aliphatic rings. The predicted molar refractivity (Wildman–Crippen MR) is 33.1 cm³/mol. The summed E-state index contributed by atoms with van der Waals surface area (Å²) in [5.41, 5.74) is 2.52. The Kier molecular flexibility index (Phi) is 1.96. The van der Waals surface area contributed by atoms with Crippen LogP contribution in [0.1, 0.15) is 5.01 Å². The standard InChI is InChI=1S/C4H7N3S/c5-7-3-4-6-1-2-8-4/h1-2,7H,3,5H2. The quantitative estimate of drug-likeness (QED) is 0.440. The van der Waals surface area contributed by atoms with E-state index in [0.29, 0.717) is 6.54 Å². The van der Waals surface area contributed by atoms with Gasteiger partial charge in [0.05, 0.1) is 6.54 Å². The first-order valence-electron chi connectivity index (χ1n) is 2.25. The average Bonchev–Trinajstić information content (AvgIpc) is 2.19. The lowest BCUT2D eigenvalue weighted by Crippen LogP contribution is -2.20. The van der Waals surface area contributed by atoms with Gasteiger partial charge in [0.1, 0.15) is 5.01 Å². The average molecular weight is 129 g/mol. The van der Waals surface area contributed by atoms with Crippen LogP contribution in [0.2, 0.25) is 0 Å². The molecule has 0 amide bonds. The molecule has 0 aliphatic carbocycles. The third kappa shape index (κ3) is 1.26. The Morgan fingerprint density at radius 2 is 2.75 bits per heavy atom.